The molecule has 0 saturated heterocycles. The lowest BCUT2D eigenvalue weighted by Crippen LogP contribution is -2.14. The van der Waals surface area contributed by atoms with E-state index in [0.717, 1.165) is 48.3 Å². The lowest BCUT2D eigenvalue weighted by molar-refractivity contribution is 0.552. The molecule has 4 heteroatoms. The van der Waals surface area contributed by atoms with E-state index in [4.69, 9.17) is 0 Å². The Bertz CT molecular complexity index is 394. The van der Waals surface area contributed by atoms with Gasteiger partial charge in [0.2, 0.25) is 0 Å². The minimum Gasteiger partial charge on any atom is -0.212 e. The van der Waals surface area contributed by atoms with Crippen LogP contribution in [0, 0.1) is 0 Å². The second-order valence-electron chi connectivity index (χ2n) is 6.76. The maximum atomic E-state index is 11.3. The van der Waals surface area contributed by atoms with Crippen LogP contribution >= 0.6 is 0 Å². The van der Waals surface area contributed by atoms with Gasteiger partial charge in [0.15, 0.2) is 0 Å². The Balaban J connectivity index is 3.66. The Labute approximate surface area is 157 Å². The van der Waals surface area contributed by atoms with Crippen LogP contribution in [-0.2, 0) is 22.5 Å². The second-order valence-corrected chi connectivity index (χ2v) is 8.07. The summed E-state index contributed by atoms with van der Waals surface area (Å²) >= 11 is 1.10. The standard InChI is InChI=1S/C20H38O2S2/c1-3-5-7-8-9-10-11-12-13-14-16-18-20(24-22)19(23-21)17-15-6-4-2/h3-18H2,1-2H3. The molecule has 0 fully saturated rings. The van der Waals surface area contributed by atoms with E-state index < -0.39 is 0 Å². The van der Waals surface area contributed by atoms with Gasteiger partial charge in [0.25, 0.3) is 0 Å². The summed E-state index contributed by atoms with van der Waals surface area (Å²) in [5, 5.41) is 0. The van der Waals surface area contributed by atoms with Gasteiger partial charge in [-0.05, 0) is 25.7 Å². The summed E-state index contributed by atoms with van der Waals surface area (Å²) < 4.78 is 22.5. The zero-order valence-corrected chi connectivity index (χ0v) is 17.6. The van der Waals surface area contributed by atoms with Crippen molar-refractivity contribution in [3.05, 3.63) is 0 Å². The van der Waals surface area contributed by atoms with E-state index in [9.17, 15) is 8.42 Å². The van der Waals surface area contributed by atoms with Crippen LogP contribution in [0.4, 0.5) is 0 Å². The topological polar surface area (TPSA) is 34.1 Å². The zero-order chi connectivity index (χ0) is 17.9. The summed E-state index contributed by atoms with van der Waals surface area (Å²) in [6.45, 7) is 4.41. The molecule has 0 N–H and O–H groups in total. The smallest absolute Gasteiger partial charge is 0.0933 e. The van der Waals surface area contributed by atoms with Gasteiger partial charge in [-0.1, -0.05) is 90.9 Å². The third kappa shape index (κ3) is 14.2. The molecule has 0 bridgehead atoms. The van der Waals surface area contributed by atoms with E-state index in [2.05, 4.69) is 13.8 Å². The third-order valence-electron chi connectivity index (χ3n) is 4.53. The van der Waals surface area contributed by atoms with Gasteiger partial charge in [-0.25, -0.2) is 8.42 Å². The fourth-order valence-corrected chi connectivity index (χ4v) is 3.99. The molecule has 0 radical (unpaired) electrons. The highest BCUT2D eigenvalue weighted by molar-refractivity contribution is 7.76. The van der Waals surface area contributed by atoms with E-state index in [1.807, 2.05) is 0 Å². The van der Waals surface area contributed by atoms with Crippen molar-refractivity contribution in [2.24, 2.45) is 0 Å². The molecule has 0 saturated carbocycles. The van der Waals surface area contributed by atoms with Crippen molar-refractivity contribution in [3.8, 4) is 0 Å². The first-order valence-electron chi connectivity index (χ1n) is 10.1. The maximum absolute atomic E-state index is 11.3. The Morgan fingerprint density at radius 3 is 1.17 bits per heavy atom. The van der Waals surface area contributed by atoms with Crippen LogP contribution < -0.4 is 0 Å². The first kappa shape index (κ1) is 23.8. The average molecular weight is 375 g/mol. The van der Waals surface area contributed by atoms with Gasteiger partial charge in [0.05, 0.1) is 32.2 Å². The number of rotatable bonds is 17. The van der Waals surface area contributed by atoms with Crippen molar-refractivity contribution in [1.29, 1.82) is 0 Å². The van der Waals surface area contributed by atoms with E-state index in [1.165, 1.54) is 64.2 Å². The monoisotopic (exact) mass is 374 g/mol. The van der Waals surface area contributed by atoms with E-state index >= 15 is 0 Å². The summed E-state index contributed by atoms with van der Waals surface area (Å²) in [7, 11) is 0. The van der Waals surface area contributed by atoms with Crippen LogP contribution in [0.3, 0.4) is 0 Å². The summed E-state index contributed by atoms with van der Waals surface area (Å²) in [5.74, 6) is 0. The second kappa shape index (κ2) is 19.1. The van der Waals surface area contributed by atoms with E-state index in [-0.39, 0.29) is 0 Å². The van der Waals surface area contributed by atoms with Crippen LogP contribution in [0.15, 0.2) is 0 Å². The molecule has 24 heavy (non-hydrogen) atoms. The zero-order valence-electron chi connectivity index (χ0n) is 15.9. The molecule has 0 amide bonds. The quantitative estimate of drug-likeness (QED) is 0.230. The largest absolute Gasteiger partial charge is 0.212 e. The van der Waals surface area contributed by atoms with Crippen LogP contribution in [0.5, 0.6) is 0 Å². The lowest BCUT2D eigenvalue weighted by Gasteiger charge is -2.05. The molecule has 0 unspecified atom stereocenters. The summed E-state index contributed by atoms with van der Waals surface area (Å²) in [6.07, 6.45) is 19.4. The fourth-order valence-electron chi connectivity index (χ4n) is 2.94. The van der Waals surface area contributed by atoms with Crippen LogP contribution in [0.25, 0.3) is 0 Å². The van der Waals surface area contributed by atoms with Crippen molar-refractivity contribution in [3.63, 3.8) is 0 Å². The molecule has 0 aliphatic heterocycles. The normalized spacial score (nSPS) is 10.6. The van der Waals surface area contributed by atoms with Crippen molar-refractivity contribution in [2.45, 2.75) is 117 Å². The third-order valence-corrected chi connectivity index (χ3v) is 5.96. The Hall–Kier alpha value is -0.220. The van der Waals surface area contributed by atoms with E-state index in [1.54, 1.807) is 0 Å². The van der Waals surface area contributed by atoms with Crippen LogP contribution in [0.2, 0.25) is 0 Å². The Morgan fingerprint density at radius 2 is 0.792 bits per heavy atom. The molecular formula is C20H38O2S2. The Morgan fingerprint density at radius 1 is 0.500 bits per heavy atom. The van der Waals surface area contributed by atoms with Gasteiger partial charge < -0.3 is 0 Å². The minimum absolute atomic E-state index is 0.545. The molecule has 142 valence electrons. The molecule has 0 spiro atoms. The van der Waals surface area contributed by atoms with E-state index in [0.29, 0.717) is 22.5 Å². The van der Waals surface area contributed by atoms with Gasteiger partial charge in [-0.2, -0.15) is 0 Å². The van der Waals surface area contributed by atoms with Crippen molar-refractivity contribution >= 4 is 32.2 Å². The number of hydrogen-bond acceptors (Lipinski definition) is 2. The molecule has 0 aromatic carbocycles. The highest BCUT2D eigenvalue weighted by Gasteiger charge is 2.08. The molecule has 0 aromatic heterocycles. The van der Waals surface area contributed by atoms with Crippen molar-refractivity contribution in [1.82, 2.24) is 0 Å². The molecule has 2 nitrogen and oxygen atoms in total. The molecule has 0 rings (SSSR count). The predicted molar refractivity (Wildman–Crippen MR) is 112 cm³/mol. The Kier molecular flexibility index (Phi) is 18.9. The van der Waals surface area contributed by atoms with Gasteiger partial charge in [-0.3, -0.25) is 0 Å². The van der Waals surface area contributed by atoms with Crippen LogP contribution in [-0.4, -0.2) is 18.1 Å². The lowest BCUT2D eigenvalue weighted by atomic mass is 10.0. The molecule has 0 atom stereocenters. The van der Waals surface area contributed by atoms with Gasteiger partial charge in [0.1, 0.15) is 0 Å². The highest BCUT2D eigenvalue weighted by atomic mass is 32.1. The maximum Gasteiger partial charge on any atom is 0.0933 e. The van der Waals surface area contributed by atoms with Crippen LogP contribution in [0.1, 0.15) is 117 Å². The first-order valence-corrected chi connectivity index (χ1v) is 11.6. The number of hydrogen-bond donors (Lipinski definition) is 0. The summed E-state index contributed by atoms with van der Waals surface area (Å²) in [6, 6.07) is 0. The van der Waals surface area contributed by atoms with Gasteiger partial charge in [-0.15, -0.1) is 0 Å². The molecule has 0 aliphatic rings. The fraction of sp³-hybridized carbons (Fsp3) is 0.900. The number of unbranched alkanes of at least 4 members (excludes halogenated alkanes) is 12. The molecule has 0 aromatic rings. The van der Waals surface area contributed by atoms with Gasteiger partial charge in [0, 0.05) is 0 Å². The van der Waals surface area contributed by atoms with Crippen molar-refractivity contribution in [2.75, 3.05) is 0 Å². The van der Waals surface area contributed by atoms with Crippen molar-refractivity contribution < 1.29 is 8.42 Å². The molecule has 0 heterocycles. The van der Waals surface area contributed by atoms with Gasteiger partial charge >= 0.3 is 0 Å². The summed E-state index contributed by atoms with van der Waals surface area (Å²) in [5.41, 5.74) is 0. The molecule has 0 aliphatic carbocycles. The highest BCUT2D eigenvalue weighted by Crippen LogP contribution is 2.12. The predicted octanol–water partition coefficient (Wildman–Crippen LogP) is 6.04. The molecular weight excluding hydrogens is 336 g/mol. The SMILES string of the molecule is CCCCCCCCCCCCCC(=S=O)C(CCCCC)=S=O. The minimum atomic E-state index is 0.545. The average Bonchev–Trinajstić information content (AvgIpc) is 2.61. The summed E-state index contributed by atoms with van der Waals surface area (Å²) in [4.78, 5) is 1.61. The first-order chi connectivity index (χ1) is 11.8.